The summed E-state index contributed by atoms with van der Waals surface area (Å²) >= 11 is 12.2. The topological polar surface area (TPSA) is 144 Å². The molecular weight excluding hydrogens is 695 g/mol. The van der Waals surface area contributed by atoms with E-state index in [1.165, 1.54) is 28.0 Å². The maximum absolute atomic E-state index is 13.9. The van der Waals surface area contributed by atoms with Gasteiger partial charge in [0.05, 0.1) is 16.1 Å². The van der Waals surface area contributed by atoms with E-state index < -0.39 is 39.8 Å². The Morgan fingerprint density at radius 2 is 1.53 bits per heavy atom. The molecule has 2 aromatic carbocycles. The molecule has 4 rings (SSSR count). The van der Waals surface area contributed by atoms with E-state index in [0.717, 1.165) is 4.31 Å². The first kappa shape index (κ1) is 37.4. The number of aromatic nitrogens is 3. The highest BCUT2D eigenvalue weighted by Gasteiger charge is 2.30. The van der Waals surface area contributed by atoms with Crippen LogP contribution in [0.4, 0.5) is 16.3 Å². The molecule has 0 unspecified atom stereocenters. The Morgan fingerprint density at radius 1 is 0.878 bits per heavy atom. The van der Waals surface area contributed by atoms with Crippen LogP contribution in [0.2, 0.25) is 10.0 Å². The first-order valence-corrected chi connectivity index (χ1v) is 17.3. The minimum Gasteiger partial charge on any atom is -0.459 e. The number of halogens is 2. The van der Waals surface area contributed by atoms with Crippen molar-refractivity contribution in [2.24, 2.45) is 0 Å². The Hall–Kier alpha value is -4.40. The van der Waals surface area contributed by atoms with E-state index >= 15 is 0 Å². The van der Waals surface area contributed by atoms with Crippen LogP contribution in [-0.2, 0) is 29.1 Å². The van der Waals surface area contributed by atoms with E-state index in [1.807, 2.05) is 0 Å². The van der Waals surface area contributed by atoms with Crippen molar-refractivity contribution in [2.45, 2.75) is 57.6 Å². The molecule has 2 amide bonds. The fraction of sp³-hybridized carbons (Fsp3) is 0.364. The molecule has 0 saturated heterocycles. The van der Waals surface area contributed by atoms with E-state index in [4.69, 9.17) is 32.7 Å². The highest BCUT2D eigenvalue weighted by atomic mass is 35.5. The number of ether oxygens (including phenoxy) is 2. The second-order valence-electron chi connectivity index (χ2n) is 13.1. The fourth-order valence-corrected chi connectivity index (χ4v) is 6.73. The smallest absolute Gasteiger partial charge is 0.410 e. The van der Waals surface area contributed by atoms with Crippen LogP contribution < -0.4 is 9.21 Å². The number of likely N-dealkylation sites (N-methyl/N-ethyl adjacent to an activating group) is 1. The third-order valence-electron chi connectivity index (χ3n) is 6.76. The van der Waals surface area contributed by atoms with E-state index in [0.29, 0.717) is 23.1 Å². The number of rotatable bonds is 11. The zero-order valence-electron chi connectivity index (χ0n) is 28.2. The monoisotopic (exact) mass is 732 g/mol. The average molecular weight is 734 g/mol. The molecule has 262 valence electrons. The fourth-order valence-electron chi connectivity index (χ4n) is 4.61. The zero-order valence-corrected chi connectivity index (χ0v) is 30.5. The molecule has 0 atom stereocenters. The van der Waals surface area contributed by atoms with Crippen LogP contribution in [0.15, 0.2) is 65.7 Å². The van der Waals surface area contributed by atoms with E-state index in [-0.39, 0.29) is 39.5 Å². The average Bonchev–Trinajstić information content (AvgIpc) is 3.41. The summed E-state index contributed by atoms with van der Waals surface area (Å²) in [5, 5.41) is 9.37. The van der Waals surface area contributed by atoms with E-state index in [2.05, 4.69) is 10.2 Å². The summed E-state index contributed by atoms with van der Waals surface area (Å²) in [5.41, 5.74) is -0.628. The lowest BCUT2D eigenvalue weighted by atomic mass is 10.2. The van der Waals surface area contributed by atoms with Crippen LogP contribution >= 0.6 is 23.2 Å². The van der Waals surface area contributed by atoms with Crippen molar-refractivity contribution in [2.75, 3.05) is 35.9 Å². The summed E-state index contributed by atoms with van der Waals surface area (Å²) in [6.07, 6.45) is 1.82. The molecule has 4 aromatic rings. The van der Waals surface area contributed by atoms with Crippen molar-refractivity contribution in [3.8, 4) is 5.82 Å². The summed E-state index contributed by atoms with van der Waals surface area (Å²) in [5.74, 6) is -0.0488. The third kappa shape index (κ3) is 9.61. The standard InChI is InChI=1S/C33H38Cl2N6O7S/c1-32(2,3)47-30(43)20-41(49(45,46)26-18-23(34)17-24(35)19-26)25-8-9-27-22(16-25)12-13-40(27)29-11-10-28(36-37-29)39(21-42)15-14-38(7)31(44)48-33(4,5)6/h8-13,16-19,21H,14-15,20H2,1-7H3. The lowest BCUT2D eigenvalue weighted by molar-refractivity contribution is -0.152. The minimum atomic E-state index is -4.33. The Labute approximate surface area is 295 Å². The molecule has 2 heterocycles. The lowest BCUT2D eigenvalue weighted by Gasteiger charge is -2.26. The SMILES string of the molecule is CN(CCN(C=O)c1ccc(-n2ccc3cc(N(CC(=O)OC(C)(C)C)S(=O)(=O)c4cc(Cl)cc(Cl)c4)ccc32)nn1)C(=O)OC(C)(C)C. The molecule has 0 fully saturated rings. The predicted molar refractivity (Wildman–Crippen MR) is 188 cm³/mol. The number of fused-ring (bicyclic) bond motifs is 1. The maximum atomic E-state index is 13.9. The molecule has 16 heteroatoms. The van der Waals surface area contributed by atoms with Crippen LogP contribution in [0.3, 0.4) is 0 Å². The van der Waals surface area contributed by atoms with Crippen molar-refractivity contribution >= 4 is 74.1 Å². The number of amides is 2. The molecular formula is C33H38Cl2N6O7S. The van der Waals surface area contributed by atoms with Gasteiger partial charge in [0.2, 0.25) is 6.41 Å². The van der Waals surface area contributed by atoms with Gasteiger partial charge in [0.15, 0.2) is 11.6 Å². The van der Waals surface area contributed by atoms with Crippen LogP contribution in [0.5, 0.6) is 0 Å². The van der Waals surface area contributed by atoms with Gasteiger partial charge in [-0.15, -0.1) is 10.2 Å². The summed E-state index contributed by atoms with van der Waals surface area (Å²) < 4.78 is 41.3. The van der Waals surface area contributed by atoms with Gasteiger partial charge in [0.25, 0.3) is 10.0 Å². The normalized spacial score (nSPS) is 12.0. The Bertz CT molecular complexity index is 1930. The van der Waals surface area contributed by atoms with Gasteiger partial charge in [-0.1, -0.05) is 23.2 Å². The molecule has 0 aliphatic rings. The van der Waals surface area contributed by atoms with Crippen LogP contribution in [-0.4, -0.2) is 84.4 Å². The summed E-state index contributed by atoms with van der Waals surface area (Å²) in [7, 11) is -2.75. The molecule has 0 saturated carbocycles. The van der Waals surface area contributed by atoms with Gasteiger partial charge in [0, 0.05) is 41.8 Å². The Morgan fingerprint density at radius 3 is 2.10 bits per heavy atom. The molecule has 13 nitrogen and oxygen atoms in total. The first-order valence-electron chi connectivity index (χ1n) is 15.1. The number of hydrogen-bond donors (Lipinski definition) is 0. The van der Waals surface area contributed by atoms with E-state index in [1.54, 1.807) is 95.8 Å². The number of carbonyl (C=O) groups is 3. The van der Waals surface area contributed by atoms with Crippen molar-refractivity contribution in [1.82, 2.24) is 19.7 Å². The Balaban J connectivity index is 1.60. The summed E-state index contributed by atoms with van der Waals surface area (Å²) in [6.45, 7) is 10.1. The van der Waals surface area contributed by atoms with Gasteiger partial charge in [-0.25, -0.2) is 13.2 Å². The first-order chi connectivity index (χ1) is 22.8. The number of benzene rings is 2. The second-order valence-corrected chi connectivity index (χ2v) is 15.8. The maximum Gasteiger partial charge on any atom is 0.410 e. The van der Waals surface area contributed by atoms with Crippen molar-refractivity contribution in [3.05, 3.63) is 70.8 Å². The summed E-state index contributed by atoms with van der Waals surface area (Å²) in [6, 6.07) is 13.8. The number of hydrogen-bond acceptors (Lipinski definition) is 9. The molecule has 0 N–H and O–H groups in total. The number of anilines is 2. The highest BCUT2D eigenvalue weighted by Crippen LogP contribution is 2.31. The van der Waals surface area contributed by atoms with Crippen LogP contribution in [0.25, 0.3) is 16.7 Å². The van der Waals surface area contributed by atoms with Gasteiger partial charge < -0.3 is 14.4 Å². The molecule has 0 aliphatic heterocycles. The third-order valence-corrected chi connectivity index (χ3v) is 8.95. The second kappa shape index (κ2) is 14.6. The number of esters is 1. The van der Waals surface area contributed by atoms with Gasteiger partial charge >= 0.3 is 12.1 Å². The molecule has 0 radical (unpaired) electrons. The Kier molecular flexibility index (Phi) is 11.2. The molecule has 0 spiro atoms. The van der Waals surface area contributed by atoms with E-state index in [9.17, 15) is 22.8 Å². The highest BCUT2D eigenvalue weighted by molar-refractivity contribution is 7.92. The summed E-state index contributed by atoms with van der Waals surface area (Å²) in [4.78, 5) is 39.5. The van der Waals surface area contributed by atoms with Crippen molar-refractivity contribution < 1.29 is 32.3 Å². The number of nitrogens with zero attached hydrogens (tertiary/aromatic N) is 6. The number of carbonyl (C=O) groups excluding carboxylic acids is 3. The molecule has 0 aliphatic carbocycles. The lowest BCUT2D eigenvalue weighted by Crippen LogP contribution is -2.39. The van der Waals surface area contributed by atoms with Gasteiger partial charge in [-0.3, -0.25) is 23.4 Å². The van der Waals surface area contributed by atoms with Crippen molar-refractivity contribution in [1.29, 1.82) is 0 Å². The molecule has 49 heavy (non-hydrogen) atoms. The van der Waals surface area contributed by atoms with Gasteiger partial charge in [0.1, 0.15) is 17.7 Å². The number of sulfonamides is 1. The minimum absolute atomic E-state index is 0.118. The molecule has 2 aromatic heterocycles. The molecule has 0 bridgehead atoms. The van der Waals surface area contributed by atoms with Gasteiger partial charge in [-0.2, -0.15) is 0 Å². The van der Waals surface area contributed by atoms with Gasteiger partial charge in [-0.05, 0) is 96.1 Å². The zero-order chi connectivity index (χ0) is 36.3. The predicted octanol–water partition coefficient (Wildman–Crippen LogP) is 6.09. The van der Waals surface area contributed by atoms with Crippen LogP contribution in [0, 0.1) is 0 Å². The van der Waals surface area contributed by atoms with Crippen molar-refractivity contribution in [3.63, 3.8) is 0 Å². The largest absolute Gasteiger partial charge is 0.459 e. The quantitative estimate of drug-likeness (QED) is 0.132. The van der Waals surface area contributed by atoms with Crippen LogP contribution in [0.1, 0.15) is 41.5 Å².